The summed E-state index contributed by atoms with van der Waals surface area (Å²) in [5, 5.41) is 11.6. The number of ether oxygens (including phenoxy) is 1. The number of carbonyl (C=O) groups is 2. The van der Waals surface area contributed by atoms with Gasteiger partial charge in [-0.15, -0.1) is 10.2 Å². The van der Waals surface area contributed by atoms with E-state index in [0.29, 0.717) is 17.8 Å². The number of aromatic nitrogens is 2. The van der Waals surface area contributed by atoms with E-state index in [2.05, 4.69) is 20.4 Å². The second kappa shape index (κ2) is 9.38. The lowest BCUT2D eigenvalue weighted by atomic mass is 9.96. The van der Waals surface area contributed by atoms with Crippen LogP contribution in [0, 0.1) is 5.92 Å². The van der Waals surface area contributed by atoms with E-state index in [9.17, 15) is 9.59 Å². The van der Waals surface area contributed by atoms with E-state index < -0.39 is 5.97 Å². The molecule has 2 aromatic carbocycles. The Morgan fingerprint density at radius 2 is 1.77 bits per heavy atom. The third-order valence-electron chi connectivity index (χ3n) is 5.43. The number of methoxy groups -OCH3 is 1. The van der Waals surface area contributed by atoms with E-state index >= 15 is 0 Å². The lowest BCUT2D eigenvalue weighted by Crippen LogP contribution is -2.41. The molecule has 2 heterocycles. The van der Waals surface area contributed by atoms with Gasteiger partial charge in [0.1, 0.15) is 0 Å². The minimum Gasteiger partial charge on any atom is -0.465 e. The van der Waals surface area contributed by atoms with Crippen LogP contribution in [0.5, 0.6) is 0 Å². The van der Waals surface area contributed by atoms with Crippen LogP contribution in [-0.4, -0.2) is 42.3 Å². The smallest absolute Gasteiger partial charge is 0.339 e. The molecule has 31 heavy (non-hydrogen) atoms. The van der Waals surface area contributed by atoms with Gasteiger partial charge in [-0.25, -0.2) is 4.79 Å². The fourth-order valence-corrected chi connectivity index (χ4v) is 3.77. The molecular formula is C24H24N4O3. The number of anilines is 2. The Labute approximate surface area is 181 Å². The van der Waals surface area contributed by atoms with Gasteiger partial charge in [0.15, 0.2) is 5.82 Å². The van der Waals surface area contributed by atoms with Gasteiger partial charge in [0.2, 0.25) is 5.91 Å². The Morgan fingerprint density at radius 3 is 2.52 bits per heavy atom. The normalized spacial score (nSPS) is 15.9. The highest BCUT2D eigenvalue weighted by molar-refractivity contribution is 6.02. The molecular weight excluding hydrogens is 392 g/mol. The third kappa shape index (κ3) is 4.71. The molecule has 1 unspecified atom stereocenters. The number of carbonyl (C=O) groups excluding carboxylic acids is 2. The van der Waals surface area contributed by atoms with Crippen molar-refractivity contribution in [1.29, 1.82) is 0 Å². The fourth-order valence-electron chi connectivity index (χ4n) is 3.77. The summed E-state index contributed by atoms with van der Waals surface area (Å²) in [6.45, 7) is 1.37. The number of para-hydroxylation sites is 1. The molecule has 4 rings (SSSR count). The van der Waals surface area contributed by atoms with Gasteiger partial charge in [-0.3, -0.25) is 4.79 Å². The fraction of sp³-hybridized carbons (Fsp3) is 0.250. The predicted molar refractivity (Wildman–Crippen MR) is 119 cm³/mol. The Hall–Kier alpha value is -3.74. The monoisotopic (exact) mass is 416 g/mol. The summed E-state index contributed by atoms with van der Waals surface area (Å²) in [7, 11) is 1.32. The van der Waals surface area contributed by atoms with Crippen molar-refractivity contribution in [2.24, 2.45) is 5.92 Å². The van der Waals surface area contributed by atoms with E-state index in [1.807, 2.05) is 42.5 Å². The third-order valence-corrected chi connectivity index (χ3v) is 5.43. The summed E-state index contributed by atoms with van der Waals surface area (Å²) < 4.78 is 4.81. The van der Waals surface area contributed by atoms with Crippen LogP contribution in [-0.2, 0) is 9.53 Å². The van der Waals surface area contributed by atoms with E-state index in [-0.39, 0.29) is 11.8 Å². The molecule has 1 aliphatic heterocycles. The summed E-state index contributed by atoms with van der Waals surface area (Å²) >= 11 is 0. The molecule has 7 nitrogen and oxygen atoms in total. The van der Waals surface area contributed by atoms with Gasteiger partial charge >= 0.3 is 5.97 Å². The molecule has 0 bridgehead atoms. The quantitative estimate of drug-likeness (QED) is 0.637. The summed E-state index contributed by atoms with van der Waals surface area (Å²) in [6, 6.07) is 20.7. The van der Waals surface area contributed by atoms with Crippen LogP contribution in [0.3, 0.4) is 0 Å². The standard InChI is InChI=1S/C24H24N4O3/c1-31-24(30)19-11-5-6-12-21(19)25-23(29)18-10-7-15-28(16-18)22-14-13-20(26-27-22)17-8-3-2-4-9-17/h2-6,8-9,11-14,18H,7,10,15-16H2,1H3,(H,25,29). The lowest BCUT2D eigenvalue weighted by Gasteiger charge is -2.32. The van der Waals surface area contributed by atoms with Gasteiger partial charge in [-0.2, -0.15) is 0 Å². The number of hydrogen-bond acceptors (Lipinski definition) is 6. The second-order valence-electron chi connectivity index (χ2n) is 7.45. The topological polar surface area (TPSA) is 84.4 Å². The van der Waals surface area contributed by atoms with E-state index in [4.69, 9.17) is 4.74 Å². The van der Waals surface area contributed by atoms with Crippen molar-refractivity contribution in [3.8, 4) is 11.3 Å². The minimum absolute atomic E-state index is 0.116. The number of benzene rings is 2. The maximum atomic E-state index is 12.9. The van der Waals surface area contributed by atoms with Gasteiger partial charge in [0, 0.05) is 18.7 Å². The molecule has 7 heteroatoms. The molecule has 0 spiro atoms. The van der Waals surface area contributed by atoms with Crippen molar-refractivity contribution in [3.05, 3.63) is 72.3 Å². The van der Waals surface area contributed by atoms with Crippen LogP contribution in [0.25, 0.3) is 11.3 Å². The highest BCUT2D eigenvalue weighted by Crippen LogP contribution is 2.25. The predicted octanol–water partition coefficient (Wildman–Crippen LogP) is 3.79. The molecule has 0 radical (unpaired) electrons. The summed E-state index contributed by atoms with van der Waals surface area (Å²) in [5.74, 6) is -0.0490. The lowest BCUT2D eigenvalue weighted by molar-refractivity contribution is -0.120. The van der Waals surface area contributed by atoms with Crippen LogP contribution in [0.1, 0.15) is 23.2 Å². The van der Waals surface area contributed by atoms with Crippen LogP contribution in [0.2, 0.25) is 0 Å². The zero-order valence-electron chi connectivity index (χ0n) is 17.3. The first-order valence-corrected chi connectivity index (χ1v) is 10.3. The molecule has 1 N–H and O–H groups in total. The maximum Gasteiger partial charge on any atom is 0.339 e. The Kier molecular flexibility index (Phi) is 6.21. The molecule has 1 amide bonds. The van der Waals surface area contributed by atoms with Gasteiger partial charge < -0.3 is 15.0 Å². The molecule has 0 saturated carbocycles. The number of nitrogens with one attached hydrogen (secondary N) is 1. The molecule has 1 saturated heterocycles. The van der Waals surface area contributed by atoms with Crippen LogP contribution in [0.15, 0.2) is 66.7 Å². The number of hydrogen-bond donors (Lipinski definition) is 1. The summed E-state index contributed by atoms with van der Waals surface area (Å²) in [6.07, 6.45) is 1.65. The van der Waals surface area contributed by atoms with Gasteiger partial charge in [0.05, 0.1) is 30.0 Å². The molecule has 1 atom stereocenters. The SMILES string of the molecule is COC(=O)c1ccccc1NC(=O)C1CCCN(c2ccc(-c3ccccc3)nn2)C1. The molecule has 1 aliphatic rings. The van der Waals surface area contributed by atoms with Crippen molar-refractivity contribution >= 4 is 23.4 Å². The minimum atomic E-state index is -0.477. The van der Waals surface area contributed by atoms with E-state index in [1.54, 1.807) is 24.3 Å². The molecule has 1 aromatic heterocycles. The van der Waals surface area contributed by atoms with Crippen molar-refractivity contribution in [2.75, 3.05) is 30.4 Å². The van der Waals surface area contributed by atoms with Gasteiger partial charge in [0.25, 0.3) is 0 Å². The first-order chi connectivity index (χ1) is 15.2. The highest BCUT2D eigenvalue weighted by atomic mass is 16.5. The van der Waals surface area contributed by atoms with Crippen LogP contribution >= 0.6 is 0 Å². The zero-order valence-corrected chi connectivity index (χ0v) is 17.3. The second-order valence-corrected chi connectivity index (χ2v) is 7.45. The van der Waals surface area contributed by atoms with Crippen LogP contribution in [0.4, 0.5) is 11.5 Å². The zero-order chi connectivity index (χ0) is 21.6. The number of piperidine rings is 1. The maximum absolute atomic E-state index is 12.9. The average molecular weight is 416 g/mol. The first kappa shape index (κ1) is 20.5. The van der Waals surface area contributed by atoms with Crippen molar-refractivity contribution in [2.45, 2.75) is 12.8 Å². The summed E-state index contributed by atoms with van der Waals surface area (Å²) in [4.78, 5) is 27.0. The Morgan fingerprint density at radius 1 is 1.00 bits per heavy atom. The number of nitrogens with zero attached hydrogens (tertiary/aromatic N) is 3. The Bertz CT molecular complexity index is 1050. The van der Waals surface area contributed by atoms with Crippen molar-refractivity contribution in [1.82, 2.24) is 10.2 Å². The molecule has 158 valence electrons. The van der Waals surface area contributed by atoms with Gasteiger partial charge in [-0.05, 0) is 37.1 Å². The van der Waals surface area contributed by atoms with E-state index in [1.165, 1.54) is 7.11 Å². The largest absolute Gasteiger partial charge is 0.465 e. The number of esters is 1. The van der Waals surface area contributed by atoms with Gasteiger partial charge in [-0.1, -0.05) is 42.5 Å². The van der Waals surface area contributed by atoms with Crippen molar-refractivity contribution in [3.63, 3.8) is 0 Å². The van der Waals surface area contributed by atoms with Crippen molar-refractivity contribution < 1.29 is 14.3 Å². The van der Waals surface area contributed by atoms with E-state index in [0.717, 1.165) is 36.5 Å². The average Bonchev–Trinajstić information content (AvgIpc) is 2.84. The number of rotatable bonds is 5. The Balaban J connectivity index is 1.44. The molecule has 1 fully saturated rings. The first-order valence-electron chi connectivity index (χ1n) is 10.3. The molecule has 3 aromatic rings. The molecule has 0 aliphatic carbocycles. The number of amides is 1. The highest BCUT2D eigenvalue weighted by Gasteiger charge is 2.27. The van der Waals surface area contributed by atoms with Crippen LogP contribution < -0.4 is 10.2 Å². The summed E-state index contributed by atoms with van der Waals surface area (Å²) in [5.41, 5.74) is 2.63.